The zero-order chi connectivity index (χ0) is 12.9. The van der Waals surface area contributed by atoms with Crippen molar-refractivity contribution in [1.29, 1.82) is 0 Å². The van der Waals surface area contributed by atoms with Gasteiger partial charge in [-0.2, -0.15) is 0 Å². The van der Waals surface area contributed by atoms with E-state index in [1.165, 1.54) is 19.3 Å². The molecule has 1 rings (SSSR count). The van der Waals surface area contributed by atoms with E-state index in [0.717, 1.165) is 13.1 Å². The molecule has 1 saturated heterocycles. The molecule has 0 bridgehead atoms. The predicted octanol–water partition coefficient (Wildman–Crippen LogP) is 2.29. The molecule has 4 nitrogen and oxygen atoms in total. The molecule has 100 valence electrons. The van der Waals surface area contributed by atoms with Crippen molar-refractivity contribution >= 4 is 6.09 Å². The summed E-state index contributed by atoms with van der Waals surface area (Å²) in [7, 11) is 0. The molecule has 1 aliphatic heterocycles. The number of hydrogen-bond acceptors (Lipinski definition) is 3. The highest BCUT2D eigenvalue weighted by atomic mass is 16.6. The Balaban J connectivity index is 2.36. The second-order valence-electron chi connectivity index (χ2n) is 5.89. The molecule has 0 aromatic rings. The minimum atomic E-state index is -0.425. The van der Waals surface area contributed by atoms with Gasteiger partial charge in [0.05, 0.1) is 0 Å². The van der Waals surface area contributed by atoms with Crippen molar-refractivity contribution in [3.05, 3.63) is 0 Å². The van der Waals surface area contributed by atoms with Crippen molar-refractivity contribution in [2.45, 2.75) is 58.6 Å². The summed E-state index contributed by atoms with van der Waals surface area (Å²) in [6.45, 7) is 9.77. The lowest BCUT2D eigenvalue weighted by atomic mass is 9.96. The minimum absolute atomic E-state index is 0.162. The molecule has 0 radical (unpaired) electrons. The summed E-state index contributed by atoms with van der Waals surface area (Å²) in [4.78, 5) is 11.6. The van der Waals surface area contributed by atoms with E-state index in [1.807, 2.05) is 20.8 Å². The monoisotopic (exact) mass is 242 g/mol. The Kier molecular flexibility index (Phi) is 5.25. The Morgan fingerprint density at radius 3 is 2.76 bits per heavy atom. The quantitative estimate of drug-likeness (QED) is 0.781. The molecule has 4 heteroatoms. The molecule has 1 fully saturated rings. The van der Waals surface area contributed by atoms with E-state index < -0.39 is 5.60 Å². The van der Waals surface area contributed by atoms with Crippen molar-refractivity contribution in [2.24, 2.45) is 5.92 Å². The van der Waals surface area contributed by atoms with E-state index in [4.69, 9.17) is 4.74 Å². The fourth-order valence-electron chi connectivity index (χ4n) is 2.08. The van der Waals surface area contributed by atoms with Gasteiger partial charge in [0, 0.05) is 6.04 Å². The van der Waals surface area contributed by atoms with Crippen LogP contribution in [0.3, 0.4) is 0 Å². The van der Waals surface area contributed by atoms with E-state index >= 15 is 0 Å². The van der Waals surface area contributed by atoms with Crippen LogP contribution >= 0.6 is 0 Å². The van der Waals surface area contributed by atoms with Crippen molar-refractivity contribution in [2.75, 3.05) is 13.1 Å². The average Bonchev–Trinajstić information content (AvgIpc) is 2.41. The molecule has 1 aliphatic rings. The molecule has 2 unspecified atom stereocenters. The Labute approximate surface area is 104 Å². The van der Waals surface area contributed by atoms with Crippen LogP contribution in [0.25, 0.3) is 0 Å². The van der Waals surface area contributed by atoms with Crippen LogP contribution in [0, 0.1) is 5.92 Å². The number of carbonyl (C=O) groups is 1. The second-order valence-corrected chi connectivity index (χ2v) is 5.89. The highest BCUT2D eigenvalue weighted by Gasteiger charge is 2.23. The summed E-state index contributed by atoms with van der Waals surface area (Å²) in [5, 5.41) is 6.34. The van der Waals surface area contributed by atoms with Gasteiger partial charge in [0.15, 0.2) is 0 Å². The summed E-state index contributed by atoms with van der Waals surface area (Å²) < 4.78 is 5.26. The molecular weight excluding hydrogens is 216 g/mol. The van der Waals surface area contributed by atoms with E-state index in [-0.39, 0.29) is 12.1 Å². The molecule has 0 aromatic heterocycles. The van der Waals surface area contributed by atoms with Gasteiger partial charge in [-0.15, -0.1) is 0 Å². The summed E-state index contributed by atoms with van der Waals surface area (Å²) >= 11 is 0. The first-order chi connectivity index (χ1) is 7.88. The Morgan fingerprint density at radius 2 is 2.12 bits per heavy atom. The van der Waals surface area contributed by atoms with Gasteiger partial charge < -0.3 is 15.4 Å². The van der Waals surface area contributed by atoms with Gasteiger partial charge in [0.25, 0.3) is 0 Å². The van der Waals surface area contributed by atoms with Crippen LogP contribution in [0.2, 0.25) is 0 Å². The fraction of sp³-hybridized carbons (Fsp3) is 0.923. The van der Waals surface area contributed by atoms with E-state index in [0.29, 0.717) is 5.92 Å². The molecule has 1 amide bonds. The number of carbonyl (C=O) groups excluding carboxylic acids is 1. The minimum Gasteiger partial charge on any atom is -0.444 e. The fourth-order valence-corrected chi connectivity index (χ4v) is 2.08. The molecular formula is C13H26N2O2. The van der Waals surface area contributed by atoms with Crippen LogP contribution < -0.4 is 10.6 Å². The summed E-state index contributed by atoms with van der Waals surface area (Å²) in [6, 6.07) is 0.162. The van der Waals surface area contributed by atoms with E-state index in [2.05, 4.69) is 17.6 Å². The normalized spacial score (nSPS) is 23.6. The van der Waals surface area contributed by atoms with Gasteiger partial charge in [-0.3, -0.25) is 0 Å². The standard InChI is InChI=1S/C13H26N2O2/c1-10(11-7-5-6-8-14-9-11)15-12(16)17-13(2,3)4/h10-11,14H,5-9H2,1-4H3,(H,15,16). The molecule has 2 atom stereocenters. The maximum Gasteiger partial charge on any atom is 0.407 e. The highest BCUT2D eigenvalue weighted by molar-refractivity contribution is 5.68. The predicted molar refractivity (Wildman–Crippen MR) is 69.0 cm³/mol. The second kappa shape index (κ2) is 6.24. The maximum absolute atomic E-state index is 11.6. The average molecular weight is 242 g/mol. The molecule has 0 spiro atoms. The number of amides is 1. The van der Waals surface area contributed by atoms with Crippen LogP contribution in [0.5, 0.6) is 0 Å². The van der Waals surface area contributed by atoms with Crippen molar-refractivity contribution in [1.82, 2.24) is 10.6 Å². The van der Waals surface area contributed by atoms with Crippen LogP contribution in [0.4, 0.5) is 4.79 Å². The van der Waals surface area contributed by atoms with Crippen LogP contribution in [0.1, 0.15) is 47.0 Å². The molecule has 17 heavy (non-hydrogen) atoms. The topological polar surface area (TPSA) is 50.4 Å². The summed E-state index contributed by atoms with van der Waals surface area (Å²) in [5.41, 5.74) is -0.425. The Bertz CT molecular complexity index is 240. The van der Waals surface area contributed by atoms with E-state index in [9.17, 15) is 4.79 Å². The van der Waals surface area contributed by atoms with Crippen LogP contribution in [-0.2, 0) is 4.74 Å². The zero-order valence-corrected chi connectivity index (χ0v) is 11.5. The molecule has 2 N–H and O–H groups in total. The lowest BCUT2D eigenvalue weighted by Gasteiger charge is -2.26. The first-order valence-electron chi connectivity index (χ1n) is 6.59. The van der Waals surface area contributed by atoms with Gasteiger partial charge in [-0.05, 0) is 59.5 Å². The highest BCUT2D eigenvalue weighted by Crippen LogP contribution is 2.15. The van der Waals surface area contributed by atoms with E-state index in [1.54, 1.807) is 0 Å². The number of hydrogen-bond donors (Lipinski definition) is 2. The van der Waals surface area contributed by atoms with Crippen LogP contribution in [0.15, 0.2) is 0 Å². The summed E-state index contributed by atoms with van der Waals surface area (Å²) in [5.74, 6) is 0.505. The first kappa shape index (κ1) is 14.3. The third kappa shape index (κ3) is 5.91. The van der Waals surface area contributed by atoms with Crippen LogP contribution in [-0.4, -0.2) is 30.8 Å². The molecule has 0 aliphatic carbocycles. The lowest BCUT2D eigenvalue weighted by Crippen LogP contribution is -2.43. The van der Waals surface area contributed by atoms with Gasteiger partial charge in [-0.25, -0.2) is 4.79 Å². The Hall–Kier alpha value is -0.770. The van der Waals surface area contributed by atoms with Gasteiger partial charge in [-0.1, -0.05) is 6.42 Å². The van der Waals surface area contributed by atoms with Gasteiger partial charge in [0.1, 0.15) is 5.60 Å². The Morgan fingerprint density at radius 1 is 1.41 bits per heavy atom. The molecule has 0 aromatic carbocycles. The van der Waals surface area contributed by atoms with Crippen molar-refractivity contribution < 1.29 is 9.53 Å². The van der Waals surface area contributed by atoms with Crippen molar-refractivity contribution in [3.8, 4) is 0 Å². The number of alkyl carbamates (subject to hydrolysis) is 1. The maximum atomic E-state index is 11.6. The molecule has 0 saturated carbocycles. The summed E-state index contributed by atoms with van der Waals surface area (Å²) in [6.07, 6.45) is 3.33. The third-order valence-corrected chi connectivity index (χ3v) is 3.04. The third-order valence-electron chi connectivity index (χ3n) is 3.04. The smallest absolute Gasteiger partial charge is 0.407 e. The number of nitrogens with one attached hydrogen (secondary N) is 2. The largest absolute Gasteiger partial charge is 0.444 e. The van der Waals surface area contributed by atoms with Crippen molar-refractivity contribution in [3.63, 3.8) is 0 Å². The lowest BCUT2D eigenvalue weighted by molar-refractivity contribution is 0.0491. The first-order valence-corrected chi connectivity index (χ1v) is 6.59. The van der Waals surface area contributed by atoms with Gasteiger partial charge >= 0.3 is 6.09 Å². The zero-order valence-electron chi connectivity index (χ0n) is 11.5. The SMILES string of the molecule is CC(NC(=O)OC(C)(C)C)C1CCCCNC1. The van der Waals surface area contributed by atoms with Gasteiger partial charge in [0.2, 0.25) is 0 Å². The molecule has 1 heterocycles. The number of rotatable bonds is 2. The number of ether oxygens (including phenoxy) is 1.